The Hall–Kier alpha value is -5.08. The summed E-state index contributed by atoms with van der Waals surface area (Å²) in [4.78, 5) is 0. The van der Waals surface area contributed by atoms with Crippen LogP contribution in [0.15, 0.2) is 144 Å². The smallest absolute Gasteiger partial charge is 0.136 e. The SMILES string of the molecule is c1ccc(-n2c3cccc4c3c3c5c(ccc32)oc2cccc(c25)C4(c2ccccc2)c2ccccc2)cc1. The van der Waals surface area contributed by atoms with Crippen molar-refractivity contribution in [3.63, 3.8) is 0 Å². The molecular formula is C37H23NO. The van der Waals surface area contributed by atoms with Crippen molar-refractivity contribution in [3.8, 4) is 5.69 Å². The Balaban J connectivity index is 1.64. The molecule has 2 aromatic heterocycles. The van der Waals surface area contributed by atoms with E-state index in [0.29, 0.717) is 0 Å². The van der Waals surface area contributed by atoms with Crippen LogP contribution in [0.2, 0.25) is 0 Å². The average molecular weight is 498 g/mol. The van der Waals surface area contributed by atoms with E-state index in [1.807, 2.05) is 0 Å². The Morgan fingerprint density at radius 2 is 0.974 bits per heavy atom. The molecule has 0 spiro atoms. The lowest BCUT2D eigenvalue weighted by molar-refractivity contribution is 0.667. The first-order valence-electron chi connectivity index (χ1n) is 13.5. The Morgan fingerprint density at radius 3 is 1.67 bits per heavy atom. The quantitative estimate of drug-likeness (QED) is 0.238. The Bertz CT molecular complexity index is 2160. The maximum atomic E-state index is 6.59. The molecule has 0 amide bonds. The largest absolute Gasteiger partial charge is 0.456 e. The third kappa shape index (κ3) is 2.51. The highest BCUT2D eigenvalue weighted by molar-refractivity contribution is 6.30. The molecule has 0 N–H and O–H groups in total. The van der Waals surface area contributed by atoms with Gasteiger partial charge < -0.3 is 8.98 Å². The van der Waals surface area contributed by atoms with Gasteiger partial charge in [0.1, 0.15) is 11.2 Å². The van der Waals surface area contributed by atoms with Crippen LogP contribution in [0.1, 0.15) is 22.3 Å². The Labute approximate surface area is 225 Å². The average Bonchev–Trinajstić information content (AvgIpc) is 3.51. The van der Waals surface area contributed by atoms with Gasteiger partial charge in [-0.2, -0.15) is 0 Å². The second-order valence-electron chi connectivity index (χ2n) is 10.5. The third-order valence-corrected chi connectivity index (χ3v) is 8.65. The summed E-state index contributed by atoms with van der Waals surface area (Å²) in [6, 6.07) is 50.5. The number of rotatable bonds is 3. The van der Waals surface area contributed by atoms with Gasteiger partial charge >= 0.3 is 0 Å². The van der Waals surface area contributed by atoms with Gasteiger partial charge in [0.2, 0.25) is 0 Å². The van der Waals surface area contributed by atoms with Crippen LogP contribution in [-0.2, 0) is 5.41 Å². The highest BCUT2D eigenvalue weighted by Crippen LogP contribution is 2.56. The summed E-state index contributed by atoms with van der Waals surface area (Å²) < 4.78 is 9.01. The van der Waals surface area contributed by atoms with E-state index in [-0.39, 0.29) is 0 Å². The molecule has 1 aliphatic rings. The van der Waals surface area contributed by atoms with E-state index in [0.717, 1.165) is 16.9 Å². The van der Waals surface area contributed by atoms with Gasteiger partial charge in [-0.05, 0) is 58.7 Å². The van der Waals surface area contributed by atoms with Gasteiger partial charge in [-0.15, -0.1) is 0 Å². The second-order valence-corrected chi connectivity index (χ2v) is 10.5. The van der Waals surface area contributed by atoms with Crippen LogP contribution in [-0.4, -0.2) is 4.57 Å². The molecule has 0 fully saturated rings. The summed E-state index contributed by atoms with van der Waals surface area (Å²) in [6.07, 6.45) is 0. The maximum absolute atomic E-state index is 6.59. The highest BCUT2D eigenvalue weighted by Gasteiger charge is 2.44. The molecule has 0 atom stereocenters. The van der Waals surface area contributed by atoms with E-state index in [1.54, 1.807) is 0 Å². The molecule has 2 heterocycles. The lowest BCUT2D eigenvalue weighted by Gasteiger charge is -2.37. The maximum Gasteiger partial charge on any atom is 0.136 e. The molecule has 1 aliphatic carbocycles. The van der Waals surface area contributed by atoms with Crippen LogP contribution in [0.5, 0.6) is 0 Å². The molecule has 0 saturated carbocycles. The number of hydrogen-bond donors (Lipinski definition) is 0. The zero-order chi connectivity index (χ0) is 25.6. The van der Waals surface area contributed by atoms with E-state index >= 15 is 0 Å². The number of benzene rings is 6. The van der Waals surface area contributed by atoms with Crippen molar-refractivity contribution in [2.24, 2.45) is 0 Å². The lowest BCUT2D eigenvalue weighted by Crippen LogP contribution is -2.31. The van der Waals surface area contributed by atoms with Crippen LogP contribution < -0.4 is 0 Å². The molecule has 0 bridgehead atoms. The number of aromatic nitrogens is 1. The van der Waals surface area contributed by atoms with Crippen molar-refractivity contribution < 1.29 is 4.42 Å². The van der Waals surface area contributed by atoms with Crippen LogP contribution in [0.25, 0.3) is 49.4 Å². The van der Waals surface area contributed by atoms with Crippen molar-refractivity contribution in [2.75, 3.05) is 0 Å². The molecule has 6 aromatic carbocycles. The lowest BCUT2D eigenvalue weighted by atomic mass is 9.64. The normalized spacial score (nSPS) is 13.8. The molecule has 39 heavy (non-hydrogen) atoms. The molecule has 2 heteroatoms. The molecule has 0 radical (unpaired) electrons. The van der Waals surface area contributed by atoms with E-state index in [2.05, 4.69) is 144 Å². The summed E-state index contributed by atoms with van der Waals surface area (Å²) >= 11 is 0. The van der Waals surface area contributed by atoms with Gasteiger partial charge in [-0.25, -0.2) is 0 Å². The number of nitrogens with zero attached hydrogens (tertiary/aromatic N) is 1. The molecule has 182 valence electrons. The van der Waals surface area contributed by atoms with Gasteiger partial charge in [0.15, 0.2) is 0 Å². The van der Waals surface area contributed by atoms with E-state index in [4.69, 9.17) is 4.42 Å². The molecule has 9 rings (SSSR count). The van der Waals surface area contributed by atoms with Crippen molar-refractivity contribution in [3.05, 3.63) is 162 Å². The number of furan rings is 1. The van der Waals surface area contributed by atoms with Gasteiger partial charge in [0, 0.05) is 27.2 Å². The Kier molecular flexibility index (Phi) is 4.02. The zero-order valence-electron chi connectivity index (χ0n) is 21.1. The van der Waals surface area contributed by atoms with Crippen LogP contribution in [0.4, 0.5) is 0 Å². The molecule has 0 unspecified atom stereocenters. The summed E-state index contributed by atoms with van der Waals surface area (Å²) in [5.41, 5.74) is 9.96. The van der Waals surface area contributed by atoms with E-state index in [9.17, 15) is 0 Å². The first-order chi connectivity index (χ1) is 19.4. The second kappa shape index (κ2) is 7.49. The summed E-state index contributed by atoms with van der Waals surface area (Å²) in [5, 5.41) is 4.96. The number of hydrogen-bond acceptors (Lipinski definition) is 1. The van der Waals surface area contributed by atoms with Crippen LogP contribution in [0.3, 0.4) is 0 Å². The third-order valence-electron chi connectivity index (χ3n) is 8.65. The summed E-state index contributed by atoms with van der Waals surface area (Å²) in [7, 11) is 0. The predicted molar refractivity (Wildman–Crippen MR) is 160 cm³/mol. The standard InChI is InChI=1S/C37H23NO/c1-4-12-24(13-5-1)37(25-14-6-2-7-15-25)27-18-10-20-29-33(27)35-30(38(29)26-16-8-3-9-17-26)22-23-32-36(35)34-28(37)19-11-21-31(34)39-32/h1-23H. The highest BCUT2D eigenvalue weighted by atomic mass is 16.3. The van der Waals surface area contributed by atoms with Gasteiger partial charge in [0.05, 0.1) is 16.4 Å². The van der Waals surface area contributed by atoms with Crippen molar-refractivity contribution in [2.45, 2.75) is 5.41 Å². The fraction of sp³-hybridized carbons (Fsp3) is 0.0270. The predicted octanol–water partition coefficient (Wildman–Crippen LogP) is 9.38. The minimum atomic E-state index is -0.535. The summed E-state index contributed by atoms with van der Waals surface area (Å²) in [6.45, 7) is 0. The first kappa shape index (κ1) is 20.9. The van der Waals surface area contributed by atoms with Crippen molar-refractivity contribution in [1.82, 2.24) is 4.57 Å². The zero-order valence-corrected chi connectivity index (χ0v) is 21.1. The fourth-order valence-electron chi connectivity index (χ4n) is 7.25. The fourth-order valence-corrected chi connectivity index (χ4v) is 7.25. The van der Waals surface area contributed by atoms with Gasteiger partial charge in [-0.3, -0.25) is 0 Å². The molecule has 2 nitrogen and oxygen atoms in total. The molecular weight excluding hydrogens is 474 g/mol. The minimum absolute atomic E-state index is 0.535. The molecule has 0 aliphatic heterocycles. The van der Waals surface area contributed by atoms with Crippen LogP contribution in [0, 0.1) is 0 Å². The van der Waals surface area contributed by atoms with Crippen molar-refractivity contribution in [1.29, 1.82) is 0 Å². The topological polar surface area (TPSA) is 18.1 Å². The minimum Gasteiger partial charge on any atom is -0.456 e. The van der Waals surface area contributed by atoms with Crippen molar-refractivity contribution >= 4 is 43.7 Å². The number of para-hydroxylation sites is 1. The van der Waals surface area contributed by atoms with E-state index in [1.165, 1.54) is 54.8 Å². The first-order valence-corrected chi connectivity index (χ1v) is 13.5. The van der Waals surface area contributed by atoms with Crippen LogP contribution >= 0.6 is 0 Å². The molecule has 0 saturated heterocycles. The van der Waals surface area contributed by atoms with Gasteiger partial charge in [-0.1, -0.05) is 103 Å². The Morgan fingerprint density at radius 1 is 0.410 bits per heavy atom. The molecule has 8 aromatic rings. The van der Waals surface area contributed by atoms with Gasteiger partial charge in [0.25, 0.3) is 0 Å². The van der Waals surface area contributed by atoms with E-state index < -0.39 is 5.41 Å². The summed E-state index contributed by atoms with van der Waals surface area (Å²) in [5.74, 6) is 0. The monoisotopic (exact) mass is 497 g/mol.